The molecule has 1 aromatic heterocycles. The van der Waals surface area contributed by atoms with Crippen molar-refractivity contribution >= 4 is 34.5 Å². The van der Waals surface area contributed by atoms with Gasteiger partial charge in [0.2, 0.25) is 0 Å². The standard InChI is InChI=1S/C16H20N2O2S/c1-3-21-9-8-11(2)17-15-10-13(16(19)20)12-6-4-5-7-14(12)18-15/h4-7,10-11H,3,8-9H2,1-2H3,(H,17,18)(H,19,20). The van der Waals surface area contributed by atoms with Crippen LogP contribution in [0.25, 0.3) is 10.9 Å². The molecule has 0 aliphatic heterocycles. The van der Waals surface area contributed by atoms with E-state index in [0.717, 1.165) is 17.9 Å². The molecule has 0 bridgehead atoms. The van der Waals surface area contributed by atoms with Crippen LogP contribution in [0, 0.1) is 0 Å². The second-order valence-electron chi connectivity index (χ2n) is 4.91. The van der Waals surface area contributed by atoms with E-state index in [0.29, 0.717) is 22.3 Å². The smallest absolute Gasteiger partial charge is 0.336 e. The lowest BCUT2D eigenvalue weighted by atomic mass is 10.1. The maximum Gasteiger partial charge on any atom is 0.336 e. The quantitative estimate of drug-likeness (QED) is 0.760. The van der Waals surface area contributed by atoms with Gasteiger partial charge < -0.3 is 10.4 Å². The summed E-state index contributed by atoms with van der Waals surface area (Å²) in [6.45, 7) is 4.24. The fourth-order valence-electron chi connectivity index (χ4n) is 2.16. The summed E-state index contributed by atoms with van der Waals surface area (Å²) in [7, 11) is 0. The molecular formula is C16H20N2O2S. The molecule has 2 aromatic rings. The van der Waals surface area contributed by atoms with Crippen LogP contribution in [-0.4, -0.2) is 33.6 Å². The van der Waals surface area contributed by atoms with Crippen molar-refractivity contribution in [2.75, 3.05) is 16.8 Å². The van der Waals surface area contributed by atoms with E-state index < -0.39 is 5.97 Å². The third-order valence-corrected chi connectivity index (χ3v) is 4.17. The second-order valence-corrected chi connectivity index (χ2v) is 6.30. The van der Waals surface area contributed by atoms with E-state index in [4.69, 9.17) is 0 Å². The highest BCUT2D eigenvalue weighted by atomic mass is 32.2. The van der Waals surface area contributed by atoms with Crippen molar-refractivity contribution in [1.29, 1.82) is 0 Å². The summed E-state index contributed by atoms with van der Waals surface area (Å²) >= 11 is 1.90. The first kappa shape index (κ1) is 15.6. The monoisotopic (exact) mass is 304 g/mol. The molecule has 0 aliphatic rings. The average molecular weight is 304 g/mol. The van der Waals surface area contributed by atoms with Gasteiger partial charge in [-0.25, -0.2) is 9.78 Å². The Bertz CT molecular complexity index is 631. The van der Waals surface area contributed by atoms with E-state index in [1.165, 1.54) is 0 Å². The number of aromatic nitrogens is 1. The highest BCUT2D eigenvalue weighted by molar-refractivity contribution is 7.99. The number of para-hydroxylation sites is 1. The molecule has 112 valence electrons. The van der Waals surface area contributed by atoms with E-state index in [1.807, 2.05) is 30.0 Å². The minimum Gasteiger partial charge on any atom is -0.478 e. The zero-order chi connectivity index (χ0) is 15.2. The number of anilines is 1. The molecule has 1 atom stereocenters. The number of carboxylic acids is 1. The van der Waals surface area contributed by atoms with E-state index in [1.54, 1.807) is 12.1 Å². The maximum atomic E-state index is 11.4. The number of benzene rings is 1. The van der Waals surface area contributed by atoms with Crippen LogP contribution < -0.4 is 5.32 Å². The molecule has 0 radical (unpaired) electrons. The lowest BCUT2D eigenvalue weighted by molar-refractivity contribution is 0.0699. The Balaban J connectivity index is 2.22. The molecule has 1 unspecified atom stereocenters. The molecule has 1 aromatic carbocycles. The Morgan fingerprint density at radius 1 is 1.43 bits per heavy atom. The molecule has 0 saturated heterocycles. The van der Waals surface area contributed by atoms with Crippen LogP contribution in [0.3, 0.4) is 0 Å². The zero-order valence-corrected chi connectivity index (χ0v) is 13.1. The number of thioether (sulfide) groups is 1. The molecule has 5 heteroatoms. The van der Waals surface area contributed by atoms with Crippen LogP contribution in [-0.2, 0) is 0 Å². The van der Waals surface area contributed by atoms with Crippen molar-refractivity contribution in [1.82, 2.24) is 4.98 Å². The van der Waals surface area contributed by atoms with Crippen molar-refractivity contribution in [2.24, 2.45) is 0 Å². The number of carboxylic acid groups (broad SMARTS) is 1. The molecule has 0 fully saturated rings. The van der Waals surface area contributed by atoms with Crippen LogP contribution in [0.5, 0.6) is 0 Å². The van der Waals surface area contributed by atoms with Crippen LogP contribution in [0.2, 0.25) is 0 Å². The second kappa shape index (κ2) is 7.31. The fraction of sp³-hybridized carbons (Fsp3) is 0.375. The summed E-state index contributed by atoms with van der Waals surface area (Å²) in [5, 5.41) is 13.3. The maximum absolute atomic E-state index is 11.4. The van der Waals surface area contributed by atoms with Gasteiger partial charge in [-0.15, -0.1) is 0 Å². The number of carbonyl (C=O) groups is 1. The van der Waals surface area contributed by atoms with Crippen molar-refractivity contribution in [3.8, 4) is 0 Å². The molecule has 21 heavy (non-hydrogen) atoms. The third-order valence-electron chi connectivity index (χ3n) is 3.24. The first-order chi connectivity index (χ1) is 10.1. The molecule has 0 spiro atoms. The van der Waals surface area contributed by atoms with Gasteiger partial charge >= 0.3 is 5.97 Å². The van der Waals surface area contributed by atoms with Crippen LogP contribution in [0.15, 0.2) is 30.3 Å². The average Bonchev–Trinajstić information content (AvgIpc) is 2.46. The van der Waals surface area contributed by atoms with E-state index in [-0.39, 0.29) is 6.04 Å². The first-order valence-electron chi connectivity index (χ1n) is 7.09. The summed E-state index contributed by atoms with van der Waals surface area (Å²) in [6, 6.07) is 9.20. The Kier molecular flexibility index (Phi) is 5.44. The summed E-state index contributed by atoms with van der Waals surface area (Å²) in [4.78, 5) is 15.9. The van der Waals surface area contributed by atoms with Crippen molar-refractivity contribution in [3.63, 3.8) is 0 Å². The highest BCUT2D eigenvalue weighted by Crippen LogP contribution is 2.21. The van der Waals surface area contributed by atoms with Gasteiger partial charge in [-0.2, -0.15) is 11.8 Å². The Morgan fingerprint density at radius 2 is 2.19 bits per heavy atom. The lowest BCUT2D eigenvalue weighted by Gasteiger charge is -2.15. The number of hydrogen-bond donors (Lipinski definition) is 2. The number of hydrogen-bond acceptors (Lipinski definition) is 4. The molecule has 0 saturated carbocycles. The fourth-order valence-corrected chi connectivity index (χ4v) is 2.96. The van der Waals surface area contributed by atoms with Crippen LogP contribution >= 0.6 is 11.8 Å². The summed E-state index contributed by atoms with van der Waals surface area (Å²) < 4.78 is 0. The summed E-state index contributed by atoms with van der Waals surface area (Å²) in [5.74, 6) is 1.90. The zero-order valence-electron chi connectivity index (χ0n) is 12.3. The predicted octanol–water partition coefficient (Wildman–Crippen LogP) is 3.88. The number of nitrogens with one attached hydrogen (secondary N) is 1. The summed E-state index contributed by atoms with van der Waals surface area (Å²) in [5.41, 5.74) is 0.994. The van der Waals surface area contributed by atoms with Crippen LogP contribution in [0.1, 0.15) is 30.6 Å². The summed E-state index contributed by atoms with van der Waals surface area (Å²) in [6.07, 6.45) is 1.02. The topological polar surface area (TPSA) is 62.2 Å². The van der Waals surface area contributed by atoms with Gasteiger partial charge in [-0.3, -0.25) is 0 Å². The van der Waals surface area contributed by atoms with E-state index >= 15 is 0 Å². The van der Waals surface area contributed by atoms with E-state index in [2.05, 4.69) is 24.1 Å². The number of pyridine rings is 1. The van der Waals surface area contributed by atoms with Crippen molar-refractivity contribution < 1.29 is 9.90 Å². The molecule has 0 amide bonds. The minimum atomic E-state index is -0.925. The van der Waals surface area contributed by atoms with Gasteiger partial charge in [0.1, 0.15) is 5.82 Å². The largest absolute Gasteiger partial charge is 0.478 e. The first-order valence-corrected chi connectivity index (χ1v) is 8.24. The molecule has 0 aliphatic carbocycles. The van der Waals surface area contributed by atoms with Gasteiger partial charge in [0.05, 0.1) is 11.1 Å². The van der Waals surface area contributed by atoms with Gasteiger partial charge in [0, 0.05) is 11.4 Å². The number of aromatic carboxylic acids is 1. The Labute approximate surface area is 129 Å². The van der Waals surface area contributed by atoms with Crippen molar-refractivity contribution in [2.45, 2.75) is 26.3 Å². The van der Waals surface area contributed by atoms with Crippen LogP contribution in [0.4, 0.5) is 5.82 Å². The van der Waals surface area contributed by atoms with Crippen molar-refractivity contribution in [3.05, 3.63) is 35.9 Å². The van der Waals surface area contributed by atoms with Gasteiger partial charge in [0.15, 0.2) is 0 Å². The van der Waals surface area contributed by atoms with E-state index in [9.17, 15) is 9.90 Å². The Morgan fingerprint density at radius 3 is 2.90 bits per heavy atom. The molecular weight excluding hydrogens is 284 g/mol. The molecule has 4 nitrogen and oxygen atoms in total. The van der Waals surface area contributed by atoms with Gasteiger partial charge in [-0.1, -0.05) is 25.1 Å². The highest BCUT2D eigenvalue weighted by Gasteiger charge is 2.12. The SMILES string of the molecule is CCSCCC(C)Nc1cc(C(=O)O)c2ccccc2n1. The molecule has 1 heterocycles. The normalized spacial score (nSPS) is 12.3. The number of fused-ring (bicyclic) bond motifs is 1. The predicted molar refractivity (Wildman–Crippen MR) is 89.4 cm³/mol. The number of nitrogens with zero attached hydrogens (tertiary/aromatic N) is 1. The molecule has 2 N–H and O–H groups in total. The Hall–Kier alpha value is -1.75. The van der Waals surface area contributed by atoms with Gasteiger partial charge in [0.25, 0.3) is 0 Å². The third kappa shape index (κ3) is 4.11. The lowest BCUT2D eigenvalue weighted by Crippen LogP contribution is -2.17. The molecule has 2 rings (SSSR count). The van der Waals surface area contributed by atoms with Gasteiger partial charge in [-0.05, 0) is 37.0 Å². The number of rotatable bonds is 7. The minimum absolute atomic E-state index is 0.263.